The molecule has 8 nitrogen and oxygen atoms in total. The zero-order chi connectivity index (χ0) is 16.1. The summed E-state index contributed by atoms with van der Waals surface area (Å²) in [5.74, 6) is -2.90. The van der Waals surface area contributed by atoms with Gasteiger partial charge in [-0.05, 0) is 25.0 Å². The largest absolute Gasteiger partial charge is 0.376 e. The second-order valence-corrected chi connectivity index (χ2v) is 4.72. The number of benzene rings is 1. The third-order valence-corrected chi connectivity index (χ3v) is 3.12. The lowest BCUT2D eigenvalue weighted by Crippen LogP contribution is -2.39. The van der Waals surface area contributed by atoms with Gasteiger partial charge in [0.15, 0.2) is 0 Å². The summed E-state index contributed by atoms with van der Waals surface area (Å²) in [7, 11) is 0. The van der Waals surface area contributed by atoms with Gasteiger partial charge in [0.05, 0.1) is 11.0 Å². The van der Waals surface area contributed by atoms with Gasteiger partial charge in [-0.2, -0.15) is 4.39 Å². The second kappa shape index (κ2) is 6.94. The predicted octanol–water partition coefficient (Wildman–Crippen LogP) is 0.968. The van der Waals surface area contributed by atoms with Crippen molar-refractivity contribution >= 4 is 23.2 Å². The molecule has 0 aliphatic carbocycles. The molecule has 0 bridgehead atoms. The minimum absolute atomic E-state index is 0.0367. The van der Waals surface area contributed by atoms with Crippen LogP contribution in [0.1, 0.15) is 12.8 Å². The predicted molar refractivity (Wildman–Crippen MR) is 73.7 cm³/mol. The molecule has 0 unspecified atom stereocenters. The number of carbonyl (C=O) groups excluding carboxylic acids is 2. The highest BCUT2D eigenvalue weighted by Gasteiger charge is 2.20. The van der Waals surface area contributed by atoms with Crippen LogP contribution < -0.4 is 10.6 Å². The zero-order valence-corrected chi connectivity index (χ0v) is 11.5. The van der Waals surface area contributed by atoms with E-state index in [2.05, 4.69) is 10.6 Å². The van der Waals surface area contributed by atoms with Gasteiger partial charge in [0.1, 0.15) is 0 Å². The van der Waals surface area contributed by atoms with Crippen LogP contribution in [-0.4, -0.2) is 36.0 Å². The van der Waals surface area contributed by atoms with Gasteiger partial charge in [0.2, 0.25) is 5.82 Å². The number of nitro benzene ring substituents is 1. The summed E-state index contributed by atoms with van der Waals surface area (Å²) in [6.07, 6.45) is 1.61. The first kappa shape index (κ1) is 15.8. The number of nitro groups is 1. The van der Waals surface area contributed by atoms with Crippen LogP contribution in [0.2, 0.25) is 0 Å². The number of nitrogens with one attached hydrogen (secondary N) is 2. The average molecular weight is 311 g/mol. The minimum atomic E-state index is -1.02. The van der Waals surface area contributed by atoms with E-state index in [1.807, 2.05) is 0 Å². The van der Waals surface area contributed by atoms with Crippen molar-refractivity contribution in [1.82, 2.24) is 5.32 Å². The van der Waals surface area contributed by atoms with E-state index in [0.29, 0.717) is 6.61 Å². The highest BCUT2D eigenvalue weighted by molar-refractivity contribution is 6.39. The Bertz CT molecular complexity index is 601. The van der Waals surface area contributed by atoms with E-state index in [1.165, 1.54) is 0 Å². The summed E-state index contributed by atoms with van der Waals surface area (Å²) in [6.45, 7) is 0.849. The number of carbonyl (C=O) groups is 2. The molecule has 2 rings (SSSR count). The van der Waals surface area contributed by atoms with Crippen LogP contribution in [0.4, 0.5) is 15.8 Å². The quantitative estimate of drug-likeness (QED) is 0.489. The van der Waals surface area contributed by atoms with E-state index >= 15 is 0 Å². The van der Waals surface area contributed by atoms with Gasteiger partial charge in [-0.1, -0.05) is 0 Å². The van der Waals surface area contributed by atoms with Crippen LogP contribution in [0.5, 0.6) is 0 Å². The molecule has 1 atom stereocenters. The van der Waals surface area contributed by atoms with E-state index in [-0.39, 0.29) is 18.3 Å². The maximum Gasteiger partial charge on any atom is 0.313 e. The summed E-state index contributed by atoms with van der Waals surface area (Å²) in [5.41, 5.74) is -0.817. The molecule has 2 amide bonds. The maximum atomic E-state index is 13.2. The van der Waals surface area contributed by atoms with Crippen LogP contribution in [0.3, 0.4) is 0 Å². The highest BCUT2D eigenvalue weighted by atomic mass is 19.1. The lowest BCUT2D eigenvalue weighted by Gasteiger charge is -2.10. The fourth-order valence-corrected chi connectivity index (χ4v) is 2.01. The first-order chi connectivity index (χ1) is 10.5. The van der Waals surface area contributed by atoms with Gasteiger partial charge >= 0.3 is 17.5 Å². The summed E-state index contributed by atoms with van der Waals surface area (Å²) < 4.78 is 18.5. The Kier molecular flexibility index (Phi) is 4.99. The third-order valence-electron chi connectivity index (χ3n) is 3.12. The molecule has 1 aromatic carbocycles. The molecule has 0 aromatic heterocycles. The molecule has 1 aromatic rings. The normalized spacial score (nSPS) is 17.0. The van der Waals surface area contributed by atoms with Crippen LogP contribution in [0.25, 0.3) is 0 Å². The van der Waals surface area contributed by atoms with Gasteiger partial charge < -0.3 is 15.4 Å². The maximum absolute atomic E-state index is 13.2. The molecule has 2 N–H and O–H groups in total. The van der Waals surface area contributed by atoms with Crippen molar-refractivity contribution in [1.29, 1.82) is 0 Å². The minimum Gasteiger partial charge on any atom is -0.376 e. The van der Waals surface area contributed by atoms with Crippen molar-refractivity contribution in [2.24, 2.45) is 0 Å². The lowest BCUT2D eigenvalue weighted by molar-refractivity contribution is -0.387. The van der Waals surface area contributed by atoms with Crippen molar-refractivity contribution in [3.8, 4) is 0 Å². The van der Waals surface area contributed by atoms with Gasteiger partial charge in [0, 0.05) is 24.9 Å². The van der Waals surface area contributed by atoms with Crippen LogP contribution in [0.15, 0.2) is 18.2 Å². The molecule has 0 spiro atoms. The van der Waals surface area contributed by atoms with Crippen LogP contribution in [0, 0.1) is 15.9 Å². The Morgan fingerprint density at radius 1 is 1.41 bits per heavy atom. The molecule has 0 radical (unpaired) electrons. The molecule has 118 valence electrons. The first-order valence-electron chi connectivity index (χ1n) is 6.62. The zero-order valence-electron chi connectivity index (χ0n) is 11.5. The van der Waals surface area contributed by atoms with E-state index in [9.17, 15) is 24.1 Å². The van der Waals surface area contributed by atoms with Gasteiger partial charge in [-0.25, -0.2) is 0 Å². The molecule has 0 saturated carbocycles. The summed E-state index contributed by atoms with van der Waals surface area (Å²) in [4.78, 5) is 32.9. The fraction of sp³-hybridized carbons (Fsp3) is 0.385. The Balaban J connectivity index is 1.91. The molecular weight excluding hydrogens is 297 g/mol. The summed E-state index contributed by atoms with van der Waals surface area (Å²) >= 11 is 0. The molecule has 1 saturated heterocycles. The second-order valence-electron chi connectivity index (χ2n) is 4.72. The van der Waals surface area contributed by atoms with E-state index in [0.717, 1.165) is 31.0 Å². The highest BCUT2D eigenvalue weighted by Crippen LogP contribution is 2.21. The van der Waals surface area contributed by atoms with Gasteiger partial charge in [-0.15, -0.1) is 0 Å². The molecule has 9 heteroatoms. The number of halogens is 1. The average Bonchev–Trinajstić information content (AvgIpc) is 2.99. The van der Waals surface area contributed by atoms with E-state index in [4.69, 9.17) is 4.74 Å². The summed E-state index contributed by atoms with van der Waals surface area (Å²) in [6, 6.07) is 2.83. The van der Waals surface area contributed by atoms with Crippen molar-refractivity contribution in [3.05, 3.63) is 34.1 Å². The van der Waals surface area contributed by atoms with E-state index < -0.39 is 28.2 Å². The number of ether oxygens (including phenoxy) is 1. The van der Waals surface area contributed by atoms with Gasteiger partial charge in [-0.3, -0.25) is 19.7 Å². The molecule has 1 aliphatic heterocycles. The van der Waals surface area contributed by atoms with Crippen LogP contribution in [-0.2, 0) is 14.3 Å². The number of nitrogens with zero attached hydrogens (tertiary/aromatic N) is 1. The van der Waals surface area contributed by atoms with Crippen molar-refractivity contribution in [2.75, 3.05) is 18.5 Å². The number of anilines is 1. The fourth-order valence-electron chi connectivity index (χ4n) is 2.01. The standard InChI is InChI=1S/C13H14FN3O5/c14-10-4-3-8(6-11(10)17(20)21)16-13(19)12(18)15-7-9-2-1-5-22-9/h3-4,6,9H,1-2,5,7H2,(H,15,18)(H,16,19)/t9-/m0/s1. The van der Waals surface area contributed by atoms with Crippen molar-refractivity contribution < 1.29 is 23.6 Å². The molecule has 1 heterocycles. The first-order valence-corrected chi connectivity index (χ1v) is 6.62. The molecule has 1 fully saturated rings. The Morgan fingerprint density at radius 3 is 2.82 bits per heavy atom. The van der Waals surface area contributed by atoms with Crippen molar-refractivity contribution in [2.45, 2.75) is 18.9 Å². The number of rotatable bonds is 4. The summed E-state index contributed by atoms with van der Waals surface area (Å²) in [5, 5.41) is 15.2. The Labute approximate surface area is 124 Å². The molecule has 22 heavy (non-hydrogen) atoms. The monoisotopic (exact) mass is 311 g/mol. The third kappa shape index (κ3) is 3.98. The van der Waals surface area contributed by atoms with Gasteiger partial charge in [0.25, 0.3) is 0 Å². The van der Waals surface area contributed by atoms with E-state index in [1.54, 1.807) is 0 Å². The van der Waals surface area contributed by atoms with Crippen molar-refractivity contribution in [3.63, 3.8) is 0 Å². The Morgan fingerprint density at radius 2 is 2.18 bits per heavy atom. The smallest absolute Gasteiger partial charge is 0.313 e. The molecule has 1 aliphatic rings. The molecular formula is C13H14FN3O5. The number of amides is 2. The number of hydrogen-bond donors (Lipinski definition) is 2. The number of hydrogen-bond acceptors (Lipinski definition) is 5. The lowest BCUT2D eigenvalue weighted by atomic mass is 10.2. The SMILES string of the molecule is O=C(NC[C@@H]1CCCO1)C(=O)Nc1ccc(F)c([N+](=O)[O-])c1. The van der Waals surface area contributed by atoms with Crippen LogP contribution >= 0.6 is 0 Å². The topological polar surface area (TPSA) is 111 Å². The Hall–Kier alpha value is -2.55.